The van der Waals surface area contributed by atoms with Gasteiger partial charge in [0.25, 0.3) is 11.8 Å². The SMILES string of the molecule is Cc1ccc(C(=O)Nc2c(C(=O)NCc3ccco3)[nH]c3ccc(C)cc23)cc1. The van der Waals surface area contributed by atoms with Gasteiger partial charge >= 0.3 is 0 Å². The van der Waals surface area contributed by atoms with Crippen LogP contribution in [0.1, 0.15) is 37.7 Å². The van der Waals surface area contributed by atoms with Crippen molar-refractivity contribution >= 4 is 28.4 Å². The summed E-state index contributed by atoms with van der Waals surface area (Å²) in [6.07, 6.45) is 1.56. The van der Waals surface area contributed by atoms with Crippen LogP contribution in [0.4, 0.5) is 5.69 Å². The van der Waals surface area contributed by atoms with E-state index in [1.807, 2.05) is 44.2 Å². The molecule has 0 atom stereocenters. The summed E-state index contributed by atoms with van der Waals surface area (Å²) < 4.78 is 5.26. The monoisotopic (exact) mass is 387 g/mol. The molecule has 6 nitrogen and oxygen atoms in total. The first-order chi connectivity index (χ1) is 14.0. The number of aromatic nitrogens is 1. The molecule has 2 amide bonds. The summed E-state index contributed by atoms with van der Waals surface area (Å²) in [5.41, 5.74) is 4.17. The highest BCUT2D eigenvalue weighted by molar-refractivity contribution is 6.15. The van der Waals surface area contributed by atoms with E-state index in [-0.39, 0.29) is 18.4 Å². The first-order valence-corrected chi connectivity index (χ1v) is 9.32. The highest BCUT2D eigenvalue weighted by Gasteiger charge is 2.20. The zero-order valence-electron chi connectivity index (χ0n) is 16.2. The number of hydrogen-bond donors (Lipinski definition) is 3. The molecule has 4 aromatic rings. The molecule has 2 aromatic heterocycles. The Bertz CT molecular complexity index is 1170. The van der Waals surface area contributed by atoms with E-state index in [0.29, 0.717) is 22.7 Å². The zero-order chi connectivity index (χ0) is 20.4. The van der Waals surface area contributed by atoms with Gasteiger partial charge in [-0.1, -0.05) is 29.3 Å². The number of carbonyl (C=O) groups is 2. The fourth-order valence-corrected chi connectivity index (χ4v) is 3.17. The van der Waals surface area contributed by atoms with Crippen LogP contribution in [-0.4, -0.2) is 16.8 Å². The molecule has 0 aliphatic carbocycles. The molecule has 146 valence electrons. The number of furan rings is 1. The van der Waals surface area contributed by atoms with Crippen molar-refractivity contribution in [2.75, 3.05) is 5.32 Å². The molecule has 2 aromatic carbocycles. The third-order valence-corrected chi connectivity index (χ3v) is 4.74. The Balaban J connectivity index is 1.67. The fourth-order valence-electron chi connectivity index (χ4n) is 3.17. The lowest BCUT2D eigenvalue weighted by molar-refractivity contribution is 0.0945. The summed E-state index contributed by atoms with van der Waals surface area (Å²) in [4.78, 5) is 28.8. The van der Waals surface area contributed by atoms with E-state index in [2.05, 4.69) is 15.6 Å². The van der Waals surface area contributed by atoms with E-state index in [1.165, 1.54) is 0 Å². The third kappa shape index (κ3) is 3.91. The van der Waals surface area contributed by atoms with Gasteiger partial charge in [0, 0.05) is 16.5 Å². The lowest BCUT2D eigenvalue weighted by Crippen LogP contribution is -2.24. The molecule has 29 heavy (non-hydrogen) atoms. The van der Waals surface area contributed by atoms with Gasteiger partial charge < -0.3 is 20.0 Å². The van der Waals surface area contributed by atoms with E-state index in [9.17, 15) is 9.59 Å². The van der Waals surface area contributed by atoms with Gasteiger partial charge in [0.1, 0.15) is 11.5 Å². The van der Waals surface area contributed by atoms with Crippen LogP contribution in [0.3, 0.4) is 0 Å². The van der Waals surface area contributed by atoms with Gasteiger partial charge in [-0.2, -0.15) is 0 Å². The van der Waals surface area contributed by atoms with Crippen LogP contribution < -0.4 is 10.6 Å². The molecule has 0 unspecified atom stereocenters. The predicted octanol–water partition coefficient (Wildman–Crippen LogP) is 4.56. The highest BCUT2D eigenvalue weighted by atomic mass is 16.3. The molecule has 0 saturated carbocycles. The van der Waals surface area contributed by atoms with Crippen molar-refractivity contribution in [2.24, 2.45) is 0 Å². The van der Waals surface area contributed by atoms with Crippen molar-refractivity contribution in [1.82, 2.24) is 10.3 Å². The summed E-state index contributed by atoms with van der Waals surface area (Å²) >= 11 is 0. The van der Waals surface area contributed by atoms with Crippen molar-refractivity contribution in [3.63, 3.8) is 0 Å². The van der Waals surface area contributed by atoms with Crippen LogP contribution in [0.5, 0.6) is 0 Å². The van der Waals surface area contributed by atoms with Crippen molar-refractivity contribution in [1.29, 1.82) is 0 Å². The summed E-state index contributed by atoms with van der Waals surface area (Å²) in [7, 11) is 0. The summed E-state index contributed by atoms with van der Waals surface area (Å²) in [6.45, 7) is 4.19. The zero-order valence-corrected chi connectivity index (χ0v) is 16.2. The maximum Gasteiger partial charge on any atom is 0.270 e. The van der Waals surface area contributed by atoms with Crippen LogP contribution in [-0.2, 0) is 6.54 Å². The van der Waals surface area contributed by atoms with E-state index in [0.717, 1.165) is 22.0 Å². The number of aromatic amines is 1. The van der Waals surface area contributed by atoms with Crippen molar-refractivity contribution in [2.45, 2.75) is 20.4 Å². The Morgan fingerprint density at radius 3 is 2.45 bits per heavy atom. The fraction of sp³-hybridized carbons (Fsp3) is 0.130. The van der Waals surface area contributed by atoms with E-state index in [1.54, 1.807) is 30.5 Å². The lowest BCUT2D eigenvalue weighted by atomic mass is 10.1. The quantitative estimate of drug-likeness (QED) is 0.469. The van der Waals surface area contributed by atoms with E-state index >= 15 is 0 Å². The molecule has 0 fully saturated rings. The van der Waals surface area contributed by atoms with Crippen molar-refractivity contribution in [3.05, 3.63) is 89.0 Å². The summed E-state index contributed by atoms with van der Waals surface area (Å²) in [5, 5.41) is 6.52. The molecule has 3 N–H and O–H groups in total. The van der Waals surface area contributed by atoms with Crippen LogP contribution >= 0.6 is 0 Å². The average Bonchev–Trinajstić information content (AvgIpc) is 3.35. The van der Waals surface area contributed by atoms with E-state index in [4.69, 9.17) is 4.42 Å². The average molecular weight is 387 g/mol. The number of amides is 2. The Labute approximate surface area is 167 Å². The van der Waals surface area contributed by atoms with Crippen LogP contribution in [0, 0.1) is 13.8 Å². The third-order valence-electron chi connectivity index (χ3n) is 4.74. The number of H-pyrrole nitrogens is 1. The molecule has 0 aliphatic heterocycles. The summed E-state index contributed by atoms with van der Waals surface area (Å²) in [6, 6.07) is 16.6. The summed E-state index contributed by atoms with van der Waals surface area (Å²) in [5.74, 6) is 0.0532. The van der Waals surface area contributed by atoms with Gasteiger partial charge in [-0.25, -0.2) is 0 Å². The first kappa shape index (κ1) is 18.6. The number of nitrogens with one attached hydrogen (secondary N) is 3. The molecule has 6 heteroatoms. The molecule has 0 bridgehead atoms. The number of fused-ring (bicyclic) bond motifs is 1. The molecular formula is C23H21N3O3. The highest BCUT2D eigenvalue weighted by Crippen LogP contribution is 2.29. The Morgan fingerprint density at radius 1 is 0.966 bits per heavy atom. The molecule has 0 spiro atoms. The first-order valence-electron chi connectivity index (χ1n) is 9.32. The Hall–Kier alpha value is -3.80. The van der Waals surface area contributed by atoms with Crippen LogP contribution in [0.15, 0.2) is 65.3 Å². The number of carbonyl (C=O) groups excluding carboxylic acids is 2. The second-order valence-corrected chi connectivity index (χ2v) is 7.01. The minimum Gasteiger partial charge on any atom is -0.467 e. The largest absolute Gasteiger partial charge is 0.467 e. The van der Waals surface area contributed by atoms with Gasteiger partial charge in [-0.3, -0.25) is 9.59 Å². The molecule has 2 heterocycles. The number of aryl methyl sites for hydroxylation is 2. The van der Waals surface area contributed by atoms with Crippen LogP contribution in [0.2, 0.25) is 0 Å². The Morgan fingerprint density at radius 2 is 1.72 bits per heavy atom. The van der Waals surface area contributed by atoms with Gasteiger partial charge in [0.15, 0.2) is 0 Å². The van der Waals surface area contributed by atoms with Gasteiger partial charge in [-0.05, 0) is 50.2 Å². The number of benzene rings is 2. The van der Waals surface area contributed by atoms with Gasteiger partial charge in [0.2, 0.25) is 0 Å². The lowest BCUT2D eigenvalue weighted by Gasteiger charge is -2.08. The Kier molecular flexibility index (Phi) is 4.91. The van der Waals surface area contributed by atoms with Crippen LogP contribution in [0.25, 0.3) is 10.9 Å². The molecule has 4 rings (SSSR count). The second-order valence-electron chi connectivity index (χ2n) is 7.01. The standard InChI is InChI=1S/C23H21N3O3/c1-14-5-8-16(9-6-14)22(27)26-20-18-12-15(2)7-10-19(18)25-21(20)23(28)24-13-17-4-3-11-29-17/h3-12,25H,13H2,1-2H3,(H,24,28)(H,26,27). The normalized spacial score (nSPS) is 10.8. The maximum atomic E-state index is 12.8. The molecule has 0 saturated heterocycles. The van der Waals surface area contributed by atoms with E-state index < -0.39 is 0 Å². The van der Waals surface area contributed by atoms with Crippen molar-refractivity contribution in [3.8, 4) is 0 Å². The van der Waals surface area contributed by atoms with Gasteiger partial charge in [0.05, 0.1) is 18.5 Å². The van der Waals surface area contributed by atoms with Crippen molar-refractivity contribution < 1.29 is 14.0 Å². The maximum absolute atomic E-state index is 12.8. The predicted molar refractivity (Wildman–Crippen MR) is 112 cm³/mol. The smallest absolute Gasteiger partial charge is 0.270 e. The molecule has 0 aliphatic rings. The topological polar surface area (TPSA) is 87.1 Å². The number of hydrogen-bond acceptors (Lipinski definition) is 3. The second kappa shape index (κ2) is 7.67. The minimum absolute atomic E-state index is 0.256. The number of rotatable bonds is 5. The minimum atomic E-state index is -0.325. The molecular weight excluding hydrogens is 366 g/mol. The number of anilines is 1. The molecule has 0 radical (unpaired) electrons. The van der Waals surface area contributed by atoms with Gasteiger partial charge in [-0.15, -0.1) is 0 Å².